The average Bonchev–Trinajstić information content (AvgIpc) is 2.64. The molecule has 0 radical (unpaired) electrons. The molecule has 35 heavy (non-hydrogen) atoms. The topological polar surface area (TPSA) is 80.3 Å². The molecule has 0 saturated carbocycles. The first-order chi connectivity index (χ1) is 15.1. The summed E-state index contributed by atoms with van der Waals surface area (Å²) in [5.41, 5.74) is 3.97. The minimum atomic E-state index is -1.10. The van der Waals surface area contributed by atoms with E-state index < -0.39 is 11.9 Å². The molecule has 0 aliphatic rings. The Balaban J connectivity index is 0.000000642. The molecule has 0 unspecified atom stereocenters. The van der Waals surface area contributed by atoms with E-state index in [1.165, 1.54) is 0 Å². The fraction of sp³-hybridized carbons (Fsp3) is 0.533. The van der Waals surface area contributed by atoms with Crippen LogP contribution in [0.15, 0.2) is 36.4 Å². The molecule has 2 rings (SSSR count). The van der Waals surface area contributed by atoms with Gasteiger partial charge >= 0.3 is 16.5 Å². The van der Waals surface area contributed by atoms with Crippen LogP contribution in [0.1, 0.15) is 126 Å². The van der Waals surface area contributed by atoms with E-state index in [0.717, 1.165) is 22.3 Å². The van der Waals surface area contributed by atoms with Crippen molar-refractivity contribution in [3.05, 3.63) is 69.8 Å². The molecule has 0 aliphatic heterocycles. The maximum Gasteiger partial charge on any atom is 2.00 e. The van der Waals surface area contributed by atoms with Crippen LogP contribution in [-0.2, 0) is 38.2 Å². The summed E-state index contributed by atoms with van der Waals surface area (Å²) in [7, 11) is 0. The van der Waals surface area contributed by atoms with E-state index in [1.807, 2.05) is 53.7 Å². The number of hydrogen-bond acceptors (Lipinski definition) is 4. The molecule has 0 fully saturated rings. The Labute approximate surface area is 222 Å². The van der Waals surface area contributed by atoms with Crippen LogP contribution in [0.25, 0.3) is 0 Å². The molecular weight excluding hydrogens is 483 g/mol. The second-order valence-electron chi connectivity index (χ2n) is 13.0. The molecule has 2 aromatic rings. The van der Waals surface area contributed by atoms with Gasteiger partial charge in [-0.2, -0.15) is 0 Å². The Morgan fingerprint density at radius 2 is 0.771 bits per heavy atom. The van der Waals surface area contributed by atoms with Crippen molar-refractivity contribution in [1.29, 1.82) is 0 Å². The minimum absolute atomic E-state index is 0. The third-order valence-corrected chi connectivity index (χ3v) is 5.68. The van der Waals surface area contributed by atoms with E-state index in [0.29, 0.717) is 11.1 Å². The standard InChI is InChI=1S/2C15H22O2.Ni/c2*1-14(2,3)11-9-7-8-10(13(16)17)12(11)15(4,5)6;/h2*7-9H,1-6H3,(H,16,17);/q;;+2/p-2. The van der Waals surface area contributed by atoms with Crippen LogP contribution < -0.4 is 10.2 Å². The van der Waals surface area contributed by atoms with Crippen LogP contribution in [0, 0.1) is 0 Å². The molecule has 0 spiro atoms. The third-order valence-electron chi connectivity index (χ3n) is 5.68. The summed E-state index contributed by atoms with van der Waals surface area (Å²) in [6, 6.07) is 10.9. The Morgan fingerprint density at radius 3 is 0.943 bits per heavy atom. The Morgan fingerprint density at radius 1 is 0.514 bits per heavy atom. The number of hydrogen-bond donors (Lipinski definition) is 0. The smallest absolute Gasteiger partial charge is 0.545 e. The Bertz CT molecular complexity index is 954. The van der Waals surface area contributed by atoms with Gasteiger partial charge in [-0.1, -0.05) is 119 Å². The number of aromatic carboxylic acids is 2. The first kappa shape index (κ1) is 32.9. The SMILES string of the molecule is CC(C)(C)c1cccc(C(=O)[O-])c1C(C)(C)C.CC(C)(C)c1cccc(C(=O)[O-])c1C(C)(C)C.[Ni+2]. The zero-order valence-corrected chi connectivity index (χ0v) is 24.4. The second kappa shape index (κ2) is 11.3. The van der Waals surface area contributed by atoms with Crippen molar-refractivity contribution in [2.75, 3.05) is 0 Å². The normalized spacial score (nSPS) is 12.2. The first-order valence-electron chi connectivity index (χ1n) is 11.8. The van der Waals surface area contributed by atoms with Crippen LogP contribution in [0.5, 0.6) is 0 Å². The summed E-state index contributed by atoms with van der Waals surface area (Å²) < 4.78 is 0. The largest absolute Gasteiger partial charge is 2.00 e. The monoisotopic (exact) mass is 524 g/mol. The van der Waals surface area contributed by atoms with Gasteiger partial charge in [0.15, 0.2) is 0 Å². The number of benzene rings is 2. The minimum Gasteiger partial charge on any atom is -0.545 e. The van der Waals surface area contributed by atoms with Crippen molar-refractivity contribution in [2.45, 2.75) is 105 Å². The predicted molar refractivity (Wildman–Crippen MR) is 136 cm³/mol. The molecule has 0 aliphatic carbocycles. The molecule has 4 nitrogen and oxygen atoms in total. The van der Waals surface area contributed by atoms with E-state index in [9.17, 15) is 19.8 Å². The fourth-order valence-corrected chi connectivity index (χ4v) is 4.31. The molecule has 0 atom stereocenters. The van der Waals surface area contributed by atoms with Gasteiger partial charge in [0.2, 0.25) is 0 Å². The molecule has 0 heterocycles. The summed E-state index contributed by atoms with van der Waals surface area (Å²) in [6.07, 6.45) is 0. The maximum absolute atomic E-state index is 11.2. The first-order valence-corrected chi connectivity index (χ1v) is 11.8. The summed E-state index contributed by atoms with van der Waals surface area (Å²) in [6.45, 7) is 24.8. The number of carbonyl (C=O) groups is 2. The molecule has 0 aromatic heterocycles. The number of carbonyl (C=O) groups excluding carboxylic acids is 2. The van der Waals surface area contributed by atoms with E-state index in [1.54, 1.807) is 24.3 Å². The van der Waals surface area contributed by atoms with Gasteiger partial charge in [-0.3, -0.25) is 0 Å². The van der Waals surface area contributed by atoms with Crippen LogP contribution in [0.4, 0.5) is 0 Å². The van der Waals surface area contributed by atoms with Gasteiger partial charge in [0.1, 0.15) is 0 Å². The van der Waals surface area contributed by atoms with Crippen molar-refractivity contribution in [2.24, 2.45) is 0 Å². The van der Waals surface area contributed by atoms with Gasteiger partial charge in [-0.25, -0.2) is 0 Å². The summed E-state index contributed by atoms with van der Waals surface area (Å²) in [5, 5.41) is 22.5. The predicted octanol–water partition coefficient (Wildman–Crippen LogP) is 5.29. The van der Waals surface area contributed by atoms with Crippen LogP contribution in [-0.4, -0.2) is 11.9 Å². The fourth-order valence-electron chi connectivity index (χ4n) is 4.31. The third kappa shape index (κ3) is 8.49. The van der Waals surface area contributed by atoms with Crippen molar-refractivity contribution in [3.63, 3.8) is 0 Å². The van der Waals surface area contributed by atoms with Gasteiger partial charge in [0.25, 0.3) is 0 Å². The Kier molecular flexibility index (Phi) is 10.6. The summed E-state index contributed by atoms with van der Waals surface area (Å²) in [4.78, 5) is 22.5. The maximum atomic E-state index is 11.2. The van der Waals surface area contributed by atoms with Crippen LogP contribution >= 0.6 is 0 Å². The van der Waals surface area contributed by atoms with Crippen molar-refractivity contribution < 1.29 is 36.3 Å². The van der Waals surface area contributed by atoms with E-state index >= 15 is 0 Å². The van der Waals surface area contributed by atoms with Crippen molar-refractivity contribution in [1.82, 2.24) is 0 Å². The number of carboxylic acids is 2. The van der Waals surface area contributed by atoms with Gasteiger partial charge in [0, 0.05) is 11.1 Å². The molecule has 0 bridgehead atoms. The Hall–Kier alpha value is -2.13. The molecule has 196 valence electrons. The van der Waals surface area contributed by atoms with Crippen molar-refractivity contribution >= 4 is 11.9 Å². The summed E-state index contributed by atoms with van der Waals surface area (Å²) in [5.74, 6) is -2.19. The number of rotatable bonds is 2. The second-order valence-corrected chi connectivity index (χ2v) is 13.0. The van der Waals surface area contributed by atoms with E-state index in [2.05, 4.69) is 41.5 Å². The summed E-state index contributed by atoms with van der Waals surface area (Å²) >= 11 is 0. The molecule has 5 heteroatoms. The van der Waals surface area contributed by atoms with Crippen LogP contribution in [0.2, 0.25) is 0 Å². The van der Waals surface area contributed by atoms with Crippen molar-refractivity contribution in [3.8, 4) is 0 Å². The molecule has 0 amide bonds. The molecule has 0 saturated heterocycles. The van der Waals surface area contributed by atoms with E-state index in [-0.39, 0.29) is 38.2 Å². The average molecular weight is 525 g/mol. The van der Waals surface area contributed by atoms with Gasteiger partial charge in [-0.15, -0.1) is 0 Å². The zero-order valence-electron chi connectivity index (χ0n) is 23.4. The van der Waals surface area contributed by atoms with Crippen LogP contribution in [0.3, 0.4) is 0 Å². The number of carboxylic acid groups (broad SMARTS) is 2. The molecular formula is C30H42NiO4. The molecule has 0 N–H and O–H groups in total. The van der Waals surface area contributed by atoms with Gasteiger partial charge in [0.05, 0.1) is 11.9 Å². The van der Waals surface area contributed by atoms with Gasteiger partial charge < -0.3 is 19.8 Å². The zero-order chi connectivity index (χ0) is 26.9. The van der Waals surface area contributed by atoms with E-state index in [4.69, 9.17) is 0 Å². The van der Waals surface area contributed by atoms with Gasteiger partial charge in [-0.05, 0) is 43.9 Å². The molecule has 2 aromatic carbocycles. The quantitative estimate of drug-likeness (QED) is 0.500.